The molecule has 0 fully saturated rings. The van der Waals surface area contributed by atoms with Crippen LogP contribution in [0.4, 0.5) is 4.79 Å². The third-order valence-electron chi connectivity index (χ3n) is 4.24. The molecule has 2 N–H and O–H groups in total. The Hall–Kier alpha value is -4.12. The molecule has 0 spiro atoms. The number of rotatable bonds is 7. The number of nitrogens with zero attached hydrogens (tertiary/aromatic N) is 6. The molecule has 0 unspecified atom stereocenters. The van der Waals surface area contributed by atoms with E-state index in [0.717, 1.165) is 11.1 Å². The SMILES string of the molecule is CNC(=O)Oc1ccc2nnc(Cc3cccc(-c4ncc(OCCO)cn4)c3)n2n1. The van der Waals surface area contributed by atoms with E-state index in [2.05, 4.69) is 30.6 Å². The van der Waals surface area contributed by atoms with E-state index in [1.54, 1.807) is 24.5 Å². The van der Waals surface area contributed by atoms with E-state index < -0.39 is 6.09 Å². The second kappa shape index (κ2) is 9.13. The molecule has 0 saturated carbocycles. The Bertz CT molecular complexity index is 1190. The summed E-state index contributed by atoms with van der Waals surface area (Å²) in [4.78, 5) is 20.1. The Morgan fingerprint density at radius 2 is 2.00 bits per heavy atom. The minimum atomic E-state index is -0.609. The van der Waals surface area contributed by atoms with Crippen molar-refractivity contribution in [2.24, 2.45) is 0 Å². The number of amides is 1. The van der Waals surface area contributed by atoms with Crippen LogP contribution < -0.4 is 14.8 Å². The van der Waals surface area contributed by atoms with E-state index in [1.165, 1.54) is 11.6 Å². The standard InChI is InChI=1S/C20H19N7O4/c1-21-20(29)31-18-6-5-16-24-25-17(27(16)26-18)10-13-3-2-4-14(9-13)19-22-11-15(12-23-19)30-8-7-28/h2-6,9,11-12,28H,7-8,10H2,1H3,(H,21,29). The van der Waals surface area contributed by atoms with Gasteiger partial charge in [-0.25, -0.2) is 14.8 Å². The second-order valence-electron chi connectivity index (χ2n) is 6.39. The van der Waals surface area contributed by atoms with Crippen LogP contribution in [0.3, 0.4) is 0 Å². The lowest BCUT2D eigenvalue weighted by Crippen LogP contribution is -2.22. The fourth-order valence-electron chi connectivity index (χ4n) is 2.83. The van der Waals surface area contributed by atoms with Gasteiger partial charge in [-0.3, -0.25) is 0 Å². The monoisotopic (exact) mass is 421 g/mol. The van der Waals surface area contributed by atoms with Crippen LogP contribution in [0, 0.1) is 0 Å². The Morgan fingerprint density at radius 1 is 1.16 bits per heavy atom. The van der Waals surface area contributed by atoms with Crippen molar-refractivity contribution >= 4 is 11.7 Å². The zero-order valence-electron chi connectivity index (χ0n) is 16.6. The lowest BCUT2D eigenvalue weighted by Gasteiger charge is -2.06. The van der Waals surface area contributed by atoms with Gasteiger partial charge in [0.2, 0.25) is 5.88 Å². The van der Waals surface area contributed by atoms with Gasteiger partial charge in [0.25, 0.3) is 0 Å². The number of hydrogen-bond donors (Lipinski definition) is 2. The third-order valence-corrected chi connectivity index (χ3v) is 4.24. The van der Waals surface area contributed by atoms with Crippen LogP contribution in [-0.2, 0) is 6.42 Å². The summed E-state index contributed by atoms with van der Waals surface area (Å²) >= 11 is 0. The minimum absolute atomic E-state index is 0.0740. The molecule has 0 aliphatic rings. The van der Waals surface area contributed by atoms with Crippen molar-refractivity contribution in [1.82, 2.24) is 35.1 Å². The predicted octanol–water partition coefficient (Wildman–Crippen LogP) is 1.26. The molecule has 0 saturated heterocycles. The lowest BCUT2D eigenvalue weighted by atomic mass is 10.1. The van der Waals surface area contributed by atoms with Crippen molar-refractivity contribution in [3.05, 3.63) is 60.2 Å². The maximum atomic E-state index is 11.4. The van der Waals surface area contributed by atoms with Crippen molar-refractivity contribution < 1.29 is 19.4 Å². The molecule has 1 aromatic carbocycles. The van der Waals surface area contributed by atoms with E-state index in [1.807, 2.05) is 24.3 Å². The number of benzene rings is 1. The van der Waals surface area contributed by atoms with E-state index in [0.29, 0.717) is 29.5 Å². The number of carbonyl (C=O) groups is 1. The lowest BCUT2D eigenvalue weighted by molar-refractivity contribution is 0.200. The normalized spacial score (nSPS) is 10.8. The van der Waals surface area contributed by atoms with Crippen LogP contribution in [0.15, 0.2) is 48.8 Å². The molecule has 158 valence electrons. The van der Waals surface area contributed by atoms with Gasteiger partial charge >= 0.3 is 6.09 Å². The zero-order chi connectivity index (χ0) is 21.6. The van der Waals surface area contributed by atoms with Gasteiger partial charge in [0.05, 0.1) is 19.0 Å². The molecule has 0 aliphatic carbocycles. The molecule has 0 radical (unpaired) electrons. The van der Waals surface area contributed by atoms with Crippen LogP contribution >= 0.6 is 0 Å². The molecule has 11 heteroatoms. The quantitative estimate of drug-likeness (QED) is 0.452. The molecule has 0 aliphatic heterocycles. The summed E-state index contributed by atoms with van der Waals surface area (Å²) in [6, 6.07) is 10.9. The van der Waals surface area contributed by atoms with Crippen LogP contribution in [0.25, 0.3) is 17.0 Å². The van der Waals surface area contributed by atoms with Crippen molar-refractivity contribution in [3.8, 4) is 23.0 Å². The highest BCUT2D eigenvalue weighted by molar-refractivity contribution is 5.69. The highest BCUT2D eigenvalue weighted by Gasteiger charge is 2.12. The Kier molecular flexibility index (Phi) is 5.94. The van der Waals surface area contributed by atoms with Crippen molar-refractivity contribution in [2.75, 3.05) is 20.3 Å². The summed E-state index contributed by atoms with van der Waals surface area (Å²) in [6.07, 6.45) is 2.97. The van der Waals surface area contributed by atoms with E-state index >= 15 is 0 Å². The topological polar surface area (TPSA) is 137 Å². The van der Waals surface area contributed by atoms with Crippen LogP contribution in [0.5, 0.6) is 11.6 Å². The highest BCUT2D eigenvalue weighted by atomic mass is 16.6. The smallest absolute Gasteiger partial charge is 0.413 e. The first-order chi connectivity index (χ1) is 15.2. The van der Waals surface area contributed by atoms with Gasteiger partial charge in [0, 0.05) is 25.1 Å². The first kappa shape index (κ1) is 20.2. The van der Waals surface area contributed by atoms with Crippen molar-refractivity contribution in [2.45, 2.75) is 6.42 Å². The van der Waals surface area contributed by atoms with Crippen molar-refractivity contribution in [3.63, 3.8) is 0 Å². The highest BCUT2D eigenvalue weighted by Crippen LogP contribution is 2.20. The molecule has 4 aromatic rings. The minimum Gasteiger partial charge on any atom is -0.488 e. The first-order valence-corrected chi connectivity index (χ1v) is 9.42. The summed E-state index contributed by atoms with van der Waals surface area (Å²) in [5, 5.41) is 23.8. The summed E-state index contributed by atoms with van der Waals surface area (Å²) in [7, 11) is 1.47. The molecule has 31 heavy (non-hydrogen) atoms. The molecule has 1 amide bonds. The fourth-order valence-corrected chi connectivity index (χ4v) is 2.83. The summed E-state index contributed by atoms with van der Waals surface area (Å²) in [5.41, 5.74) is 2.32. The number of aliphatic hydroxyl groups excluding tert-OH is 1. The maximum absolute atomic E-state index is 11.4. The van der Waals surface area contributed by atoms with Gasteiger partial charge < -0.3 is 19.9 Å². The molecule has 11 nitrogen and oxygen atoms in total. The number of ether oxygens (including phenoxy) is 2. The Balaban J connectivity index is 1.55. The van der Waals surface area contributed by atoms with Crippen LogP contribution in [-0.4, -0.2) is 61.2 Å². The number of nitrogens with one attached hydrogen (secondary N) is 1. The first-order valence-electron chi connectivity index (χ1n) is 9.42. The number of aliphatic hydroxyl groups is 1. The second-order valence-corrected chi connectivity index (χ2v) is 6.39. The number of aromatic nitrogens is 6. The van der Waals surface area contributed by atoms with Gasteiger partial charge in [-0.2, -0.15) is 4.52 Å². The van der Waals surface area contributed by atoms with E-state index in [4.69, 9.17) is 14.6 Å². The van der Waals surface area contributed by atoms with Gasteiger partial charge in [-0.1, -0.05) is 18.2 Å². The molecular formula is C20H19N7O4. The Labute approximate surface area is 176 Å². The average Bonchev–Trinajstić information content (AvgIpc) is 3.20. The molecule has 3 aromatic heterocycles. The average molecular weight is 421 g/mol. The molecule has 4 rings (SSSR count). The Morgan fingerprint density at radius 3 is 2.77 bits per heavy atom. The van der Waals surface area contributed by atoms with Gasteiger partial charge in [0.1, 0.15) is 6.61 Å². The number of carbonyl (C=O) groups excluding carboxylic acids is 1. The van der Waals surface area contributed by atoms with Crippen molar-refractivity contribution in [1.29, 1.82) is 0 Å². The molecule has 3 heterocycles. The van der Waals surface area contributed by atoms with Crippen LogP contribution in [0.1, 0.15) is 11.4 Å². The molecule has 0 atom stereocenters. The van der Waals surface area contributed by atoms with Gasteiger partial charge in [-0.05, 0) is 17.7 Å². The van der Waals surface area contributed by atoms with Crippen LogP contribution in [0.2, 0.25) is 0 Å². The molecule has 0 bridgehead atoms. The summed E-state index contributed by atoms with van der Waals surface area (Å²) < 4.78 is 11.9. The van der Waals surface area contributed by atoms with Gasteiger partial charge in [-0.15, -0.1) is 15.3 Å². The maximum Gasteiger partial charge on any atom is 0.413 e. The van der Waals surface area contributed by atoms with E-state index in [-0.39, 0.29) is 19.1 Å². The predicted molar refractivity (Wildman–Crippen MR) is 109 cm³/mol. The fraction of sp³-hybridized carbons (Fsp3) is 0.200. The number of fused-ring (bicyclic) bond motifs is 1. The summed E-state index contributed by atoms with van der Waals surface area (Å²) in [6.45, 7) is 0.115. The van der Waals surface area contributed by atoms with Gasteiger partial charge in [0.15, 0.2) is 23.0 Å². The largest absolute Gasteiger partial charge is 0.488 e. The zero-order valence-corrected chi connectivity index (χ0v) is 16.6. The molecular weight excluding hydrogens is 402 g/mol. The number of hydrogen-bond acceptors (Lipinski definition) is 9. The third kappa shape index (κ3) is 4.73. The summed E-state index contributed by atoms with van der Waals surface area (Å²) in [5.74, 6) is 1.76. The van der Waals surface area contributed by atoms with E-state index in [9.17, 15) is 4.79 Å².